The molecule has 0 aliphatic carbocycles. The normalized spacial score (nSPS) is 14.6. The summed E-state index contributed by atoms with van der Waals surface area (Å²) in [6, 6.07) is 6.44. The second-order valence-electron chi connectivity index (χ2n) is 4.09. The molecule has 1 rings (SSSR count). The standard InChI is InChI=1S/C13H19F2NO2/c1-3-10(8-17)16-9(2)11-6-4-5-7-12(11)18-13(14)15/h4-7,9-10,13,16-17H,3,8H2,1-2H3/t9?,10-/m0/s1. The van der Waals surface area contributed by atoms with E-state index in [1.165, 1.54) is 6.07 Å². The van der Waals surface area contributed by atoms with Crippen LogP contribution in [0.3, 0.4) is 0 Å². The lowest BCUT2D eigenvalue weighted by Gasteiger charge is -2.22. The fourth-order valence-electron chi connectivity index (χ4n) is 1.78. The minimum absolute atomic E-state index is 0.0126. The van der Waals surface area contributed by atoms with E-state index < -0.39 is 6.61 Å². The largest absolute Gasteiger partial charge is 0.434 e. The molecule has 1 aromatic carbocycles. The van der Waals surface area contributed by atoms with Crippen LogP contribution in [0.15, 0.2) is 24.3 Å². The lowest BCUT2D eigenvalue weighted by atomic mass is 10.1. The lowest BCUT2D eigenvalue weighted by molar-refractivity contribution is -0.0507. The highest BCUT2D eigenvalue weighted by molar-refractivity contribution is 5.35. The maximum Gasteiger partial charge on any atom is 0.387 e. The number of aliphatic hydroxyl groups excluding tert-OH is 1. The van der Waals surface area contributed by atoms with Gasteiger partial charge < -0.3 is 15.2 Å². The van der Waals surface area contributed by atoms with E-state index in [1.54, 1.807) is 18.2 Å². The summed E-state index contributed by atoms with van der Waals surface area (Å²) in [5.41, 5.74) is 0.657. The van der Waals surface area contributed by atoms with Crippen LogP contribution in [0.5, 0.6) is 5.75 Å². The summed E-state index contributed by atoms with van der Waals surface area (Å²) in [4.78, 5) is 0. The van der Waals surface area contributed by atoms with Crippen molar-refractivity contribution in [2.24, 2.45) is 0 Å². The minimum Gasteiger partial charge on any atom is -0.434 e. The zero-order chi connectivity index (χ0) is 13.5. The summed E-state index contributed by atoms with van der Waals surface area (Å²) < 4.78 is 29.0. The first-order chi connectivity index (χ1) is 8.58. The zero-order valence-electron chi connectivity index (χ0n) is 10.6. The molecule has 0 aliphatic heterocycles. The van der Waals surface area contributed by atoms with Gasteiger partial charge in [0.25, 0.3) is 0 Å². The number of hydrogen-bond acceptors (Lipinski definition) is 3. The number of alkyl halides is 2. The highest BCUT2D eigenvalue weighted by Gasteiger charge is 2.16. The molecule has 2 N–H and O–H groups in total. The molecule has 0 saturated heterocycles. The van der Waals surface area contributed by atoms with Crippen molar-refractivity contribution in [3.63, 3.8) is 0 Å². The van der Waals surface area contributed by atoms with E-state index in [1.807, 2.05) is 13.8 Å². The molecule has 0 fully saturated rings. The molecule has 0 radical (unpaired) electrons. The fourth-order valence-corrected chi connectivity index (χ4v) is 1.78. The molecule has 18 heavy (non-hydrogen) atoms. The number of benzene rings is 1. The number of halogens is 2. The molecule has 0 saturated carbocycles. The van der Waals surface area contributed by atoms with Crippen LogP contribution in [0.2, 0.25) is 0 Å². The van der Waals surface area contributed by atoms with Crippen LogP contribution in [0.4, 0.5) is 8.78 Å². The van der Waals surface area contributed by atoms with Gasteiger partial charge in [0.1, 0.15) is 5.75 Å². The van der Waals surface area contributed by atoms with Gasteiger partial charge in [0.05, 0.1) is 6.61 Å². The summed E-state index contributed by atoms with van der Waals surface area (Å²) in [5.74, 6) is 0.167. The van der Waals surface area contributed by atoms with Crippen molar-refractivity contribution < 1.29 is 18.6 Å². The maximum atomic E-state index is 12.3. The van der Waals surface area contributed by atoms with Gasteiger partial charge in [-0.3, -0.25) is 0 Å². The molecular formula is C13H19F2NO2. The van der Waals surface area contributed by atoms with Crippen LogP contribution in [-0.4, -0.2) is 24.4 Å². The first kappa shape index (κ1) is 14.9. The predicted octanol–water partition coefficient (Wildman–Crippen LogP) is 2.71. The smallest absolute Gasteiger partial charge is 0.387 e. The van der Waals surface area contributed by atoms with Crippen molar-refractivity contribution in [2.45, 2.75) is 39.0 Å². The third kappa shape index (κ3) is 4.23. The molecule has 0 heterocycles. The molecule has 1 aromatic rings. The molecule has 2 atom stereocenters. The lowest BCUT2D eigenvalue weighted by Crippen LogP contribution is -2.34. The Bertz CT molecular complexity index is 357. The van der Waals surface area contributed by atoms with Gasteiger partial charge in [-0.05, 0) is 19.4 Å². The summed E-state index contributed by atoms with van der Waals surface area (Å²) >= 11 is 0. The molecule has 1 unspecified atom stereocenters. The monoisotopic (exact) mass is 259 g/mol. The molecule has 5 heteroatoms. The van der Waals surface area contributed by atoms with Crippen molar-refractivity contribution in [1.29, 1.82) is 0 Å². The SMILES string of the molecule is CC[C@@H](CO)NC(C)c1ccccc1OC(F)F. The Morgan fingerprint density at radius 2 is 2.00 bits per heavy atom. The highest BCUT2D eigenvalue weighted by Crippen LogP contribution is 2.26. The van der Waals surface area contributed by atoms with Gasteiger partial charge in [-0.2, -0.15) is 8.78 Å². The van der Waals surface area contributed by atoms with Crippen LogP contribution in [0, 0.1) is 0 Å². The van der Waals surface area contributed by atoms with E-state index in [2.05, 4.69) is 10.1 Å². The summed E-state index contributed by atoms with van der Waals surface area (Å²) in [7, 11) is 0. The van der Waals surface area contributed by atoms with E-state index in [-0.39, 0.29) is 24.4 Å². The van der Waals surface area contributed by atoms with E-state index in [0.717, 1.165) is 6.42 Å². The molecule has 0 aromatic heterocycles. The van der Waals surface area contributed by atoms with Gasteiger partial charge in [0, 0.05) is 17.6 Å². The van der Waals surface area contributed by atoms with Gasteiger partial charge in [0.15, 0.2) is 0 Å². The third-order valence-corrected chi connectivity index (χ3v) is 2.80. The number of ether oxygens (including phenoxy) is 1. The van der Waals surface area contributed by atoms with Crippen molar-refractivity contribution in [3.05, 3.63) is 29.8 Å². The molecule has 102 valence electrons. The second kappa shape index (κ2) is 7.28. The summed E-state index contributed by atoms with van der Waals surface area (Å²) in [6.45, 7) is 0.977. The van der Waals surface area contributed by atoms with Crippen molar-refractivity contribution in [1.82, 2.24) is 5.32 Å². The van der Waals surface area contributed by atoms with Crippen molar-refractivity contribution in [3.8, 4) is 5.75 Å². The highest BCUT2D eigenvalue weighted by atomic mass is 19.3. The van der Waals surface area contributed by atoms with Gasteiger partial charge in [-0.25, -0.2) is 0 Å². The summed E-state index contributed by atoms with van der Waals surface area (Å²) in [6.07, 6.45) is 0.763. The quantitative estimate of drug-likeness (QED) is 0.791. The number of nitrogens with one attached hydrogen (secondary N) is 1. The van der Waals surface area contributed by atoms with Crippen molar-refractivity contribution in [2.75, 3.05) is 6.61 Å². The van der Waals surface area contributed by atoms with E-state index in [0.29, 0.717) is 5.56 Å². The van der Waals surface area contributed by atoms with Crippen LogP contribution < -0.4 is 10.1 Å². The second-order valence-corrected chi connectivity index (χ2v) is 4.09. The molecule has 0 bridgehead atoms. The van der Waals surface area contributed by atoms with Crippen molar-refractivity contribution >= 4 is 0 Å². The average molecular weight is 259 g/mol. The fraction of sp³-hybridized carbons (Fsp3) is 0.538. The van der Waals surface area contributed by atoms with Gasteiger partial charge in [-0.1, -0.05) is 25.1 Å². The van der Waals surface area contributed by atoms with Gasteiger partial charge in [0.2, 0.25) is 0 Å². The molecule has 3 nitrogen and oxygen atoms in total. The number of rotatable bonds is 7. The van der Waals surface area contributed by atoms with Crippen LogP contribution in [0.25, 0.3) is 0 Å². The van der Waals surface area contributed by atoms with Crippen LogP contribution in [-0.2, 0) is 0 Å². The Morgan fingerprint density at radius 3 is 2.56 bits per heavy atom. The van der Waals surface area contributed by atoms with E-state index in [4.69, 9.17) is 5.11 Å². The maximum absolute atomic E-state index is 12.3. The number of aliphatic hydroxyl groups is 1. The molecule has 0 aliphatic rings. The molecule has 0 amide bonds. The summed E-state index contributed by atoms with van der Waals surface area (Å²) in [5, 5.41) is 12.3. The third-order valence-electron chi connectivity index (χ3n) is 2.80. The van der Waals surface area contributed by atoms with Gasteiger partial charge in [-0.15, -0.1) is 0 Å². The average Bonchev–Trinajstić information content (AvgIpc) is 2.35. The Balaban J connectivity index is 2.80. The Kier molecular flexibility index (Phi) is 6.01. The predicted molar refractivity (Wildman–Crippen MR) is 65.8 cm³/mol. The van der Waals surface area contributed by atoms with Crippen LogP contribution in [0.1, 0.15) is 31.9 Å². The topological polar surface area (TPSA) is 41.5 Å². The zero-order valence-corrected chi connectivity index (χ0v) is 10.6. The first-order valence-corrected chi connectivity index (χ1v) is 5.99. The minimum atomic E-state index is -2.84. The van der Waals surface area contributed by atoms with E-state index in [9.17, 15) is 8.78 Å². The van der Waals surface area contributed by atoms with E-state index >= 15 is 0 Å². The first-order valence-electron chi connectivity index (χ1n) is 5.99. The number of para-hydroxylation sites is 1. The Hall–Kier alpha value is -1.20. The Labute approximate surface area is 106 Å². The Morgan fingerprint density at radius 1 is 1.33 bits per heavy atom. The molecular weight excluding hydrogens is 240 g/mol. The van der Waals surface area contributed by atoms with Gasteiger partial charge >= 0.3 is 6.61 Å². The molecule has 0 spiro atoms. The number of hydrogen-bond donors (Lipinski definition) is 2. The van der Waals surface area contributed by atoms with Crippen LogP contribution >= 0.6 is 0 Å².